The number of hydrogen-bond donors (Lipinski definition) is 1. The fraction of sp³-hybridized carbons (Fsp3) is 0.700. The van der Waals surface area contributed by atoms with Crippen LogP contribution in [-0.2, 0) is 7.05 Å². The van der Waals surface area contributed by atoms with Gasteiger partial charge in [-0.3, -0.25) is 4.79 Å². The number of carbonyl (C=O) groups excluding carboxylic acids is 1. The quantitative estimate of drug-likeness (QED) is 0.728. The second-order valence-corrected chi connectivity index (χ2v) is 4.12. The van der Waals surface area contributed by atoms with Crippen LogP contribution < -0.4 is 5.73 Å². The number of aromatic nitrogens is 3. The lowest BCUT2D eigenvalue weighted by Gasteiger charge is -2.14. The van der Waals surface area contributed by atoms with Gasteiger partial charge < -0.3 is 5.73 Å². The predicted molar refractivity (Wildman–Crippen MR) is 55.2 cm³/mol. The van der Waals surface area contributed by atoms with Crippen molar-refractivity contribution in [1.82, 2.24) is 15.0 Å². The van der Waals surface area contributed by atoms with Crippen molar-refractivity contribution in [3.05, 3.63) is 11.9 Å². The van der Waals surface area contributed by atoms with Gasteiger partial charge in [-0.15, -0.1) is 0 Å². The second kappa shape index (κ2) is 4.10. The van der Waals surface area contributed by atoms with E-state index in [0.717, 1.165) is 19.3 Å². The molecule has 1 saturated carbocycles. The summed E-state index contributed by atoms with van der Waals surface area (Å²) in [6.45, 7) is 0.594. The minimum Gasteiger partial charge on any atom is -0.330 e. The normalized spacial score (nSPS) is 25.7. The molecule has 0 unspecified atom stereocenters. The molecule has 1 aromatic heterocycles. The van der Waals surface area contributed by atoms with Gasteiger partial charge in [0.05, 0.1) is 6.20 Å². The number of Topliss-reactive ketones (excluding diaryl/α,β-unsaturated/α-hetero) is 1. The average Bonchev–Trinajstić information content (AvgIpc) is 2.84. The number of hydrogen-bond acceptors (Lipinski definition) is 4. The van der Waals surface area contributed by atoms with Gasteiger partial charge in [0.15, 0.2) is 5.78 Å². The summed E-state index contributed by atoms with van der Waals surface area (Å²) in [4.78, 5) is 13.5. The van der Waals surface area contributed by atoms with Crippen LogP contribution in [0.3, 0.4) is 0 Å². The van der Waals surface area contributed by atoms with Gasteiger partial charge in [-0.05, 0) is 25.3 Å². The highest BCUT2D eigenvalue weighted by atomic mass is 16.1. The Labute approximate surface area is 88.6 Å². The third-order valence-corrected chi connectivity index (χ3v) is 3.15. The Morgan fingerprint density at radius 3 is 3.07 bits per heavy atom. The fourth-order valence-electron chi connectivity index (χ4n) is 2.31. The summed E-state index contributed by atoms with van der Waals surface area (Å²) in [7, 11) is 1.71. The molecule has 0 aromatic carbocycles. The molecule has 0 bridgehead atoms. The average molecular weight is 208 g/mol. The lowest BCUT2D eigenvalue weighted by atomic mass is 9.91. The Morgan fingerprint density at radius 2 is 2.47 bits per heavy atom. The minimum absolute atomic E-state index is 0.0618. The highest BCUT2D eigenvalue weighted by molar-refractivity contribution is 5.96. The summed E-state index contributed by atoms with van der Waals surface area (Å²) in [5, 5.41) is 7.95. The Kier molecular flexibility index (Phi) is 2.81. The molecule has 1 aliphatic rings. The standard InChI is InChI=1S/C10H16N4O/c1-14-12-6-9(13-14)10(15)8-4-2-3-7(8)5-11/h6-8H,2-5,11H2,1H3/t7-,8-/m1/s1. The van der Waals surface area contributed by atoms with Gasteiger partial charge in [-0.1, -0.05) is 6.42 Å². The molecule has 82 valence electrons. The summed E-state index contributed by atoms with van der Waals surface area (Å²) >= 11 is 0. The number of nitrogens with zero attached hydrogens (tertiary/aromatic N) is 3. The second-order valence-electron chi connectivity index (χ2n) is 4.12. The molecular weight excluding hydrogens is 192 g/mol. The van der Waals surface area contributed by atoms with Gasteiger partial charge in [0.25, 0.3) is 0 Å². The van der Waals surface area contributed by atoms with Crippen molar-refractivity contribution in [3.63, 3.8) is 0 Å². The highest BCUT2D eigenvalue weighted by Gasteiger charge is 2.33. The van der Waals surface area contributed by atoms with E-state index in [2.05, 4.69) is 10.2 Å². The van der Waals surface area contributed by atoms with E-state index in [9.17, 15) is 4.79 Å². The van der Waals surface area contributed by atoms with Crippen molar-refractivity contribution >= 4 is 5.78 Å². The molecule has 0 spiro atoms. The van der Waals surface area contributed by atoms with E-state index in [1.54, 1.807) is 7.05 Å². The first kappa shape index (κ1) is 10.3. The highest BCUT2D eigenvalue weighted by Crippen LogP contribution is 2.32. The molecule has 0 radical (unpaired) electrons. The first-order valence-corrected chi connectivity index (χ1v) is 5.33. The monoisotopic (exact) mass is 208 g/mol. The summed E-state index contributed by atoms with van der Waals surface area (Å²) in [5.41, 5.74) is 6.13. The molecule has 15 heavy (non-hydrogen) atoms. The zero-order chi connectivity index (χ0) is 10.8. The maximum Gasteiger partial charge on any atom is 0.188 e. The lowest BCUT2D eigenvalue weighted by Crippen LogP contribution is -2.25. The van der Waals surface area contributed by atoms with Gasteiger partial charge in [-0.2, -0.15) is 15.0 Å². The molecule has 2 atom stereocenters. The van der Waals surface area contributed by atoms with E-state index in [1.807, 2.05) is 0 Å². The van der Waals surface area contributed by atoms with Crippen molar-refractivity contribution in [1.29, 1.82) is 0 Å². The molecule has 0 aliphatic heterocycles. The largest absolute Gasteiger partial charge is 0.330 e. The topological polar surface area (TPSA) is 73.8 Å². The van der Waals surface area contributed by atoms with Crippen molar-refractivity contribution < 1.29 is 4.79 Å². The maximum atomic E-state index is 12.1. The molecule has 5 nitrogen and oxygen atoms in total. The van der Waals surface area contributed by atoms with Gasteiger partial charge >= 0.3 is 0 Å². The molecule has 1 aliphatic carbocycles. The molecular formula is C10H16N4O. The van der Waals surface area contributed by atoms with Crippen LogP contribution in [0.1, 0.15) is 29.8 Å². The van der Waals surface area contributed by atoms with Crippen molar-refractivity contribution in [2.24, 2.45) is 24.6 Å². The van der Waals surface area contributed by atoms with Crippen LogP contribution in [0, 0.1) is 11.8 Å². The molecule has 1 fully saturated rings. The molecule has 5 heteroatoms. The summed E-state index contributed by atoms with van der Waals surface area (Å²) in [5.74, 6) is 0.502. The number of ketones is 1. The molecule has 0 saturated heterocycles. The fourth-order valence-corrected chi connectivity index (χ4v) is 2.31. The number of nitrogens with two attached hydrogens (primary N) is 1. The Hall–Kier alpha value is -1.23. The van der Waals surface area contributed by atoms with Crippen molar-refractivity contribution in [2.45, 2.75) is 19.3 Å². The summed E-state index contributed by atoms with van der Waals surface area (Å²) < 4.78 is 0. The third-order valence-electron chi connectivity index (χ3n) is 3.15. The van der Waals surface area contributed by atoms with Gasteiger partial charge in [0.2, 0.25) is 0 Å². The van der Waals surface area contributed by atoms with Crippen LogP contribution in [0.2, 0.25) is 0 Å². The van der Waals surface area contributed by atoms with Crippen LogP contribution in [0.25, 0.3) is 0 Å². The first-order valence-electron chi connectivity index (χ1n) is 5.33. The number of rotatable bonds is 3. The minimum atomic E-state index is 0.0618. The Balaban J connectivity index is 2.13. The van der Waals surface area contributed by atoms with Crippen LogP contribution in [-0.4, -0.2) is 27.3 Å². The number of carbonyl (C=O) groups is 1. The van der Waals surface area contributed by atoms with Crippen LogP contribution in [0.15, 0.2) is 6.20 Å². The van der Waals surface area contributed by atoms with E-state index in [4.69, 9.17) is 5.73 Å². The third kappa shape index (κ3) is 1.92. The van der Waals surface area contributed by atoms with E-state index in [1.165, 1.54) is 11.0 Å². The van der Waals surface area contributed by atoms with E-state index >= 15 is 0 Å². The van der Waals surface area contributed by atoms with E-state index in [0.29, 0.717) is 18.2 Å². The van der Waals surface area contributed by atoms with E-state index < -0.39 is 0 Å². The molecule has 1 aromatic rings. The lowest BCUT2D eigenvalue weighted by molar-refractivity contribution is 0.0887. The van der Waals surface area contributed by atoms with Crippen molar-refractivity contribution in [3.8, 4) is 0 Å². The maximum absolute atomic E-state index is 12.1. The number of aryl methyl sites for hydroxylation is 1. The molecule has 1 heterocycles. The molecule has 2 N–H and O–H groups in total. The SMILES string of the molecule is Cn1ncc(C(=O)[C@@H]2CCC[C@@H]2CN)n1. The van der Waals surface area contributed by atoms with E-state index in [-0.39, 0.29) is 11.7 Å². The van der Waals surface area contributed by atoms with Gasteiger partial charge in [0.1, 0.15) is 5.69 Å². The van der Waals surface area contributed by atoms with Crippen LogP contribution in [0.4, 0.5) is 0 Å². The van der Waals surface area contributed by atoms with Gasteiger partial charge in [0, 0.05) is 13.0 Å². The molecule has 2 rings (SSSR count). The summed E-state index contributed by atoms with van der Waals surface area (Å²) in [6.07, 6.45) is 4.64. The zero-order valence-corrected chi connectivity index (χ0v) is 8.89. The summed E-state index contributed by atoms with van der Waals surface area (Å²) in [6, 6.07) is 0. The Morgan fingerprint density at radius 1 is 1.67 bits per heavy atom. The predicted octanol–water partition coefficient (Wildman–Crippen LogP) is 0.373. The van der Waals surface area contributed by atoms with Crippen LogP contribution >= 0.6 is 0 Å². The zero-order valence-electron chi connectivity index (χ0n) is 8.89. The Bertz CT molecular complexity index is 360. The smallest absolute Gasteiger partial charge is 0.188 e. The molecule has 0 amide bonds. The first-order chi connectivity index (χ1) is 7.22. The van der Waals surface area contributed by atoms with Crippen LogP contribution in [0.5, 0.6) is 0 Å². The van der Waals surface area contributed by atoms with Gasteiger partial charge in [-0.25, -0.2) is 0 Å². The van der Waals surface area contributed by atoms with Crippen molar-refractivity contribution in [2.75, 3.05) is 6.54 Å².